The van der Waals surface area contributed by atoms with Crippen molar-refractivity contribution in [1.29, 1.82) is 0 Å². The molecule has 1 aliphatic heterocycles. The number of esters is 1. The van der Waals surface area contributed by atoms with Crippen molar-refractivity contribution in [3.05, 3.63) is 35.1 Å². The predicted octanol–water partition coefficient (Wildman–Crippen LogP) is 2.04. The lowest BCUT2D eigenvalue weighted by Crippen LogP contribution is -2.14. The van der Waals surface area contributed by atoms with Crippen molar-refractivity contribution in [3.8, 4) is 0 Å². The molecule has 16 heavy (non-hydrogen) atoms. The summed E-state index contributed by atoms with van der Waals surface area (Å²) in [5.41, 5.74) is 0.881. The highest BCUT2D eigenvalue weighted by molar-refractivity contribution is 5.89. The molecule has 1 saturated heterocycles. The second-order valence-electron chi connectivity index (χ2n) is 3.88. The maximum atomic E-state index is 13.6. The zero-order chi connectivity index (χ0) is 11.5. The molecule has 3 nitrogen and oxygen atoms in total. The van der Waals surface area contributed by atoms with Crippen LogP contribution in [0.25, 0.3) is 0 Å². The fraction of sp³-hybridized carbons (Fsp3) is 0.417. The minimum absolute atomic E-state index is 0.00996. The van der Waals surface area contributed by atoms with E-state index < -0.39 is 11.8 Å². The quantitative estimate of drug-likeness (QED) is 0.780. The molecule has 0 bridgehead atoms. The Morgan fingerprint density at radius 2 is 2.38 bits per heavy atom. The van der Waals surface area contributed by atoms with Crippen molar-refractivity contribution in [1.82, 2.24) is 5.32 Å². The molecule has 0 spiro atoms. The maximum Gasteiger partial charge on any atom is 0.340 e. The summed E-state index contributed by atoms with van der Waals surface area (Å²) in [7, 11) is 1.24. The number of carbonyl (C=O) groups is 1. The van der Waals surface area contributed by atoms with Crippen LogP contribution in [0.15, 0.2) is 18.2 Å². The highest BCUT2D eigenvalue weighted by Crippen LogP contribution is 2.24. The number of halogens is 1. The van der Waals surface area contributed by atoms with Crippen molar-refractivity contribution >= 4 is 5.97 Å². The highest BCUT2D eigenvalue weighted by Gasteiger charge is 2.19. The van der Waals surface area contributed by atoms with Gasteiger partial charge in [-0.1, -0.05) is 6.07 Å². The Morgan fingerprint density at radius 1 is 1.56 bits per heavy atom. The summed E-state index contributed by atoms with van der Waals surface area (Å²) in [6.45, 7) is 0.963. The molecule has 1 aliphatic rings. The van der Waals surface area contributed by atoms with Crippen LogP contribution in [-0.2, 0) is 4.74 Å². The van der Waals surface area contributed by atoms with Gasteiger partial charge < -0.3 is 10.1 Å². The number of carbonyl (C=O) groups excluding carboxylic acids is 1. The van der Waals surface area contributed by atoms with Gasteiger partial charge >= 0.3 is 5.97 Å². The van der Waals surface area contributed by atoms with Gasteiger partial charge in [-0.25, -0.2) is 9.18 Å². The average Bonchev–Trinajstić information content (AvgIpc) is 2.81. The number of hydrogen-bond acceptors (Lipinski definition) is 3. The Balaban J connectivity index is 2.25. The van der Waals surface area contributed by atoms with Gasteiger partial charge in [0.15, 0.2) is 0 Å². The van der Waals surface area contributed by atoms with E-state index in [0.717, 1.165) is 24.9 Å². The third kappa shape index (κ3) is 2.07. The molecule has 1 fully saturated rings. The van der Waals surface area contributed by atoms with Gasteiger partial charge in [0, 0.05) is 6.04 Å². The first-order chi connectivity index (χ1) is 7.72. The summed E-state index contributed by atoms with van der Waals surface area (Å²) < 4.78 is 18.1. The summed E-state index contributed by atoms with van der Waals surface area (Å²) in [5.74, 6) is -1.15. The minimum atomic E-state index is -0.636. The Kier molecular flexibility index (Phi) is 3.19. The van der Waals surface area contributed by atoms with Crippen molar-refractivity contribution < 1.29 is 13.9 Å². The molecule has 0 aromatic heterocycles. The zero-order valence-electron chi connectivity index (χ0n) is 9.13. The van der Waals surface area contributed by atoms with Gasteiger partial charge in [-0.3, -0.25) is 0 Å². The van der Waals surface area contributed by atoms with Gasteiger partial charge in [-0.05, 0) is 37.1 Å². The first kappa shape index (κ1) is 11.1. The Hall–Kier alpha value is -1.42. The molecule has 0 amide bonds. The van der Waals surface area contributed by atoms with Crippen molar-refractivity contribution in [2.24, 2.45) is 0 Å². The van der Waals surface area contributed by atoms with Gasteiger partial charge in [0.1, 0.15) is 5.82 Å². The number of ether oxygens (including phenoxy) is 1. The number of benzene rings is 1. The molecular weight excluding hydrogens is 209 g/mol. The van der Waals surface area contributed by atoms with Crippen LogP contribution in [-0.4, -0.2) is 19.6 Å². The number of nitrogens with one attached hydrogen (secondary N) is 1. The predicted molar refractivity (Wildman–Crippen MR) is 57.7 cm³/mol. The van der Waals surface area contributed by atoms with Crippen LogP contribution >= 0.6 is 0 Å². The van der Waals surface area contributed by atoms with Gasteiger partial charge in [-0.15, -0.1) is 0 Å². The van der Waals surface area contributed by atoms with E-state index in [1.165, 1.54) is 19.2 Å². The van der Waals surface area contributed by atoms with Gasteiger partial charge in [0.25, 0.3) is 0 Å². The standard InChI is InChI=1S/C12H14FNO2/c1-16-12(15)9-5-4-8(7-10(9)13)11-3-2-6-14-11/h4-5,7,11,14H,2-3,6H2,1H3/t11-/m0/s1. The fourth-order valence-corrected chi connectivity index (χ4v) is 1.99. The van der Waals surface area contributed by atoms with Crippen LogP contribution in [0.4, 0.5) is 4.39 Å². The largest absolute Gasteiger partial charge is 0.465 e. The minimum Gasteiger partial charge on any atom is -0.465 e. The lowest BCUT2D eigenvalue weighted by molar-refractivity contribution is 0.0595. The molecular formula is C12H14FNO2. The summed E-state index contributed by atoms with van der Waals surface area (Å²) in [5, 5.41) is 3.28. The second kappa shape index (κ2) is 4.61. The van der Waals surface area contributed by atoms with Crippen LogP contribution < -0.4 is 5.32 Å². The Bertz CT molecular complexity index is 400. The van der Waals surface area contributed by atoms with E-state index in [1.54, 1.807) is 6.07 Å². The molecule has 86 valence electrons. The number of rotatable bonds is 2. The van der Waals surface area contributed by atoms with Crippen LogP contribution in [0, 0.1) is 5.82 Å². The third-order valence-corrected chi connectivity index (χ3v) is 2.86. The fourth-order valence-electron chi connectivity index (χ4n) is 1.99. The molecule has 1 atom stereocenters. The van der Waals surface area contributed by atoms with E-state index >= 15 is 0 Å². The van der Waals surface area contributed by atoms with Gasteiger partial charge in [0.2, 0.25) is 0 Å². The van der Waals surface area contributed by atoms with E-state index in [0.29, 0.717) is 0 Å². The van der Waals surface area contributed by atoms with Crippen LogP contribution in [0.2, 0.25) is 0 Å². The summed E-state index contributed by atoms with van der Waals surface area (Å²) >= 11 is 0. The molecule has 2 rings (SSSR count). The first-order valence-electron chi connectivity index (χ1n) is 5.33. The number of methoxy groups -OCH3 is 1. The van der Waals surface area contributed by atoms with Gasteiger partial charge in [0.05, 0.1) is 12.7 Å². The maximum absolute atomic E-state index is 13.6. The molecule has 1 aromatic carbocycles. The molecule has 0 aliphatic carbocycles. The van der Waals surface area contributed by atoms with Crippen molar-refractivity contribution in [3.63, 3.8) is 0 Å². The van der Waals surface area contributed by atoms with E-state index in [1.807, 2.05) is 0 Å². The smallest absolute Gasteiger partial charge is 0.340 e. The summed E-state index contributed by atoms with van der Waals surface area (Å²) in [6, 6.07) is 4.88. The normalized spacial score (nSPS) is 19.8. The van der Waals surface area contributed by atoms with Crippen molar-refractivity contribution in [2.45, 2.75) is 18.9 Å². The van der Waals surface area contributed by atoms with E-state index in [-0.39, 0.29) is 11.6 Å². The number of hydrogen-bond donors (Lipinski definition) is 1. The first-order valence-corrected chi connectivity index (χ1v) is 5.33. The van der Waals surface area contributed by atoms with Crippen molar-refractivity contribution in [2.75, 3.05) is 13.7 Å². The van der Waals surface area contributed by atoms with E-state index in [4.69, 9.17) is 0 Å². The SMILES string of the molecule is COC(=O)c1ccc([C@@H]2CCCN2)cc1F. The zero-order valence-corrected chi connectivity index (χ0v) is 9.13. The van der Waals surface area contributed by atoms with E-state index in [2.05, 4.69) is 10.1 Å². The lowest BCUT2D eigenvalue weighted by atomic mass is 10.0. The van der Waals surface area contributed by atoms with E-state index in [9.17, 15) is 9.18 Å². The van der Waals surface area contributed by atoms with Crippen LogP contribution in [0.1, 0.15) is 34.8 Å². The molecule has 0 saturated carbocycles. The molecule has 1 aromatic rings. The molecule has 1 heterocycles. The Morgan fingerprint density at radius 3 is 2.94 bits per heavy atom. The van der Waals surface area contributed by atoms with Crippen LogP contribution in [0.5, 0.6) is 0 Å². The summed E-state index contributed by atoms with van der Waals surface area (Å²) in [6.07, 6.45) is 2.11. The molecule has 0 unspecified atom stereocenters. The third-order valence-electron chi connectivity index (χ3n) is 2.86. The highest BCUT2D eigenvalue weighted by atomic mass is 19.1. The molecule has 4 heteroatoms. The Labute approximate surface area is 93.6 Å². The monoisotopic (exact) mass is 223 g/mol. The lowest BCUT2D eigenvalue weighted by Gasteiger charge is -2.11. The topological polar surface area (TPSA) is 38.3 Å². The average molecular weight is 223 g/mol. The molecule has 0 radical (unpaired) electrons. The second-order valence-corrected chi connectivity index (χ2v) is 3.88. The molecule has 1 N–H and O–H groups in total. The summed E-state index contributed by atoms with van der Waals surface area (Å²) in [4.78, 5) is 11.2. The van der Waals surface area contributed by atoms with Crippen LogP contribution in [0.3, 0.4) is 0 Å². The van der Waals surface area contributed by atoms with Gasteiger partial charge in [-0.2, -0.15) is 0 Å².